The number of hydrogen-bond donors (Lipinski definition) is 0. The molecule has 2 aromatic carbocycles. The van der Waals surface area contributed by atoms with Crippen LogP contribution in [0.25, 0.3) is 0 Å². The lowest BCUT2D eigenvalue weighted by atomic mass is 9.69. The number of methoxy groups -OCH3 is 1. The molecule has 2 aromatic rings. The summed E-state index contributed by atoms with van der Waals surface area (Å²) in [4.78, 5) is 40.2. The molecule has 0 saturated carbocycles. The zero-order valence-electron chi connectivity index (χ0n) is 16.0. The quantitative estimate of drug-likeness (QED) is 0.393. The van der Waals surface area contributed by atoms with Crippen LogP contribution in [0.2, 0.25) is 5.02 Å². The van der Waals surface area contributed by atoms with Crippen molar-refractivity contribution in [3.05, 3.63) is 70.2 Å². The Morgan fingerprint density at radius 1 is 1.00 bits per heavy atom. The van der Waals surface area contributed by atoms with E-state index in [1.165, 1.54) is 13.2 Å². The van der Waals surface area contributed by atoms with Crippen LogP contribution in [0.1, 0.15) is 26.3 Å². The fourth-order valence-electron chi connectivity index (χ4n) is 3.99. The lowest BCUT2D eigenvalue weighted by Gasteiger charge is -2.41. The summed E-state index contributed by atoms with van der Waals surface area (Å²) in [5, 5.41) is 0.360. The number of rotatable bonds is 4. The molecule has 2 atom stereocenters. The molecule has 28 heavy (non-hydrogen) atoms. The molecule has 0 amide bonds. The number of carbonyl (C=O) groups is 3. The van der Waals surface area contributed by atoms with Crippen LogP contribution >= 0.6 is 11.6 Å². The molecule has 0 radical (unpaired) electrons. The number of benzene rings is 2. The van der Waals surface area contributed by atoms with Crippen molar-refractivity contribution >= 4 is 29.1 Å². The Morgan fingerprint density at radius 3 is 2.11 bits per heavy atom. The van der Waals surface area contributed by atoms with Crippen molar-refractivity contribution in [2.24, 2.45) is 0 Å². The van der Waals surface area contributed by atoms with Gasteiger partial charge in [0.15, 0.2) is 17.0 Å². The molecular weight excluding hydrogens is 401 g/mol. The fraction of sp³-hybridized carbons (Fsp3) is 0.286. The van der Waals surface area contributed by atoms with E-state index in [0.29, 0.717) is 10.6 Å². The number of fused-ring (bicyclic) bond motifs is 1. The van der Waals surface area contributed by atoms with Crippen molar-refractivity contribution in [1.29, 1.82) is 0 Å². The number of esters is 1. The van der Waals surface area contributed by atoms with Crippen LogP contribution in [0, 0.1) is 0 Å². The Hall–Kier alpha value is -2.21. The monoisotopic (exact) mass is 421 g/mol. The largest absolute Gasteiger partial charge is 1.00 e. The fourth-order valence-corrected chi connectivity index (χ4v) is 4.16. The number of quaternary nitrogens is 1. The molecule has 0 aromatic heterocycles. The molecule has 0 heterocycles. The van der Waals surface area contributed by atoms with Gasteiger partial charge in [0.25, 0.3) is 0 Å². The Bertz CT molecular complexity index is 937. The summed E-state index contributed by atoms with van der Waals surface area (Å²) in [6.45, 7) is 0. The molecule has 0 fully saturated rings. The van der Waals surface area contributed by atoms with Crippen LogP contribution in [0.5, 0.6) is 0 Å². The average Bonchev–Trinajstić information content (AvgIpc) is 2.83. The molecular formula is C21H21Cl2NO4. The first-order chi connectivity index (χ1) is 12.7. The highest BCUT2D eigenvalue weighted by Crippen LogP contribution is 2.45. The molecule has 7 heteroatoms. The van der Waals surface area contributed by atoms with Crippen molar-refractivity contribution in [2.45, 2.75) is 11.5 Å². The van der Waals surface area contributed by atoms with Crippen molar-refractivity contribution in [3.63, 3.8) is 0 Å². The van der Waals surface area contributed by atoms with Crippen molar-refractivity contribution in [2.75, 3.05) is 28.3 Å². The minimum absolute atomic E-state index is 0. The van der Waals surface area contributed by atoms with Crippen molar-refractivity contribution in [3.8, 4) is 0 Å². The summed E-state index contributed by atoms with van der Waals surface area (Å²) < 4.78 is 5.07. The van der Waals surface area contributed by atoms with Gasteiger partial charge in [-0.3, -0.25) is 9.59 Å². The SMILES string of the molecule is COC(=O)C(C1(c2ccccc2)C(=O)c2ccc(Cl)cc2C1=O)[N+](C)(C)C.[Cl-]. The normalized spacial score (nSPS) is 19.6. The first-order valence-corrected chi connectivity index (χ1v) is 8.87. The maximum atomic E-state index is 13.7. The van der Waals surface area contributed by atoms with Crippen LogP contribution in [0.4, 0.5) is 0 Å². The highest BCUT2D eigenvalue weighted by atomic mass is 35.5. The van der Waals surface area contributed by atoms with Gasteiger partial charge >= 0.3 is 5.97 Å². The third kappa shape index (κ3) is 3.13. The smallest absolute Gasteiger partial charge is 0.366 e. The Morgan fingerprint density at radius 2 is 1.57 bits per heavy atom. The van der Waals surface area contributed by atoms with Gasteiger partial charge in [-0.15, -0.1) is 0 Å². The molecule has 0 bridgehead atoms. The van der Waals surface area contributed by atoms with E-state index in [0.717, 1.165) is 0 Å². The van der Waals surface area contributed by atoms with Gasteiger partial charge in [0.05, 0.1) is 28.3 Å². The van der Waals surface area contributed by atoms with Gasteiger partial charge in [-0.2, -0.15) is 0 Å². The number of carbonyl (C=O) groups excluding carboxylic acids is 3. The standard InChI is InChI=1S/C21H21ClNO4.ClH/c1-23(2,3)17(20(26)27-4)21(13-8-6-5-7-9-13)18(24)15-11-10-14(22)12-16(15)19(21)25;/h5-12,17H,1-4H3;1H/q+1;/p-1. The van der Waals surface area contributed by atoms with Gasteiger partial charge in [0.1, 0.15) is 0 Å². The number of likely N-dealkylation sites (N-methyl/N-ethyl adjacent to an activating group) is 1. The van der Waals surface area contributed by atoms with Gasteiger partial charge < -0.3 is 21.6 Å². The van der Waals surface area contributed by atoms with E-state index in [1.807, 2.05) is 0 Å². The Balaban J connectivity index is 0.00000280. The van der Waals surface area contributed by atoms with Crippen molar-refractivity contribution in [1.82, 2.24) is 0 Å². The summed E-state index contributed by atoms with van der Waals surface area (Å²) in [5.74, 6) is -1.46. The summed E-state index contributed by atoms with van der Waals surface area (Å²) in [5.41, 5.74) is -0.732. The zero-order chi connectivity index (χ0) is 20.0. The molecule has 0 N–H and O–H groups in total. The van der Waals surface area contributed by atoms with Gasteiger partial charge in [0, 0.05) is 16.1 Å². The molecule has 1 aliphatic rings. The topological polar surface area (TPSA) is 60.4 Å². The molecule has 2 unspecified atom stereocenters. The number of halogens is 2. The van der Waals surface area contributed by atoms with E-state index in [2.05, 4.69) is 0 Å². The molecule has 0 aliphatic heterocycles. The van der Waals surface area contributed by atoms with E-state index in [9.17, 15) is 14.4 Å². The maximum absolute atomic E-state index is 13.7. The summed E-state index contributed by atoms with van der Waals surface area (Å²) in [7, 11) is 6.56. The van der Waals surface area contributed by atoms with Crippen LogP contribution in [0.3, 0.4) is 0 Å². The lowest BCUT2D eigenvalue weighted by molar-refractivity contribution is -0.889. The third-order valence-electron chi connectivity index (χ3n) is 5.03. The highest BCUT2D eigenvalue weighted by molar-refractivity contribution is 6.37. The minimum atomic E-state index is -1.71. The number of hydrogen-bond acceptors (Lipinski definition) is 4. The van der Waals surface area contributed by atoms with E-state index in [1.54, 1.807) is 63.6 Å². The molecule has 1 aliphatic carbocycles. The number of ether oxygens (including phenoxy) is 1. The summed E-state index contributed by atoms with van der Waals surface area (Å²) >= 11 is 6.08. The van der Waals surface area contributed by atoms with E-state index in [-0.39, 0.29) is 28.0 Å². The predicted molar refractivity (Wildman–Crippen MR) is 102 cm³/mol. The maximum Gasteiger partial charge on any atom is 0.366 e. The number of ketones is 2. The molecule has 0 spiro atoms. The van der Waals surface area contributed by atoms with E-state index < -0.39 is 29.0 Å². The van der Waals surface area contributed by atoms with Gasteiger partial charge in [0.2, 0.25) is 6.04 Å². The van der Waals surface area contributed by atoms with E-state index in [4.69, 9.17) is 16.3 Å². The third-order valence-corrected chi connectivity index (χ3v) is 5.26. The lowest BCUT2D eigenvalue weighted by Crippen LogP contribution is -3.00. The van der Waals surface area contributed by atoms with Crippen molar-refractivity contribution < 1.29 is 36.0 Å². The number of Topliss-reactive ketones (excluding diaryl/α,β-unsaturated/α-hetero) is 2. The first-order valence-electron chi connectivity index (χ1n) is 8.49. The van der Waals surface area contributed by atoms with Crippen LogP contribution in [-0.2, 0) is 14.9 Å². The molecule has 3 rings (SSSR count). The molecule has 148 valence electrons. The van der Waals surface area contributed by atoms with E-state index >= 15 is 0 Å². The molecule has 0 saturated heterocycles. The highest BCUT2D eigenvalue weighted by Gasteiger charge is 2.66. The average molecular weight is 422 g/mol. The van der Waals surface area contributed by atoms with Gasteiger partial charge in [-0.05, 0) is 23.8 Å². The molecule has 5 nitrogen and oxygen atoms in total. The van der Waals surface area contributed by atoms with Crippen LogP contribution < -0.4 is 12.4 Å². The van der Waals surface area contributed by atoms with Gasteiger partial charge in [-0.25, -0.2) is 4.79 Å². The zero-order valence-corrected chi connectivity index (χ0v) is 17.5. The van der Waals surface area contributed by atoms with Crippen LogP contribution in [0.15, 0.2) is 48.5 Å². The predicted octanol–water partition coefficient (Wildman–Crippen LogP) is -0.0912. The van der Waals surface area contributed by atoms with Gasteiger partial charge in [-0.1, -0.05) is 41.9 Å². The second kappa shape index (κ2) is 7.66. The Labute approximate surface area is 175 Å². The second-order valence-electron chi connectivity index (χ2n) is 7.56. The summed E-state index contributed by atoms with van der Waals surface area (Å²) in [6.07, 6.45) is 0. The van der Waals surface area contributed by atoms with Crippen LogP contribution in [-0.4, -0.2) is 56.3 Å². The Kier molecular flexibility index (Phi) is 6.04. The first kappa shape index (κ1) is 22.1. The summed E-state index contributed by atoms with van der Waals surface area (Å²) in [6, 6.07) is 12.3. The second-order valence-corrected chi connectivity index (χ2v) is 8.00. The number of nitrogens with zero attached hydrogens (tertiary/aromatic N) is 1. The minimum Gasteiger partial charge on any atom is -1.00 e.